The Morgan fingerprint density at radius 1 is 1.43 bits per heavy atom. The predicted molar refractivity (Wildman–Crippen MR) is 78.9 cm³/mol. The van der Waals surface area contributed by atoms with Gasteiger partial charge in [0.05, 0.1) is 16.5 Å². The second-order valence-electron chi connectivity index (χ2n) is 5.48. The molecule has 1 saturated carbocycles. The van der Waals surface area contributed by atoms with E-state index in [1.807, 2.05) is 24.3 Å². The average Bonchev–Trinajstić information content (AvgIpc) is 2.44. The molecule has 0 unspecified atom stereocenters. The van der Waals surface area contributed by atoms with Gasteiger partial charge in [0.1, 0.15) is 11.9 Å². The number of fused-ring (bicyclic) bond motifs is 1. The zero-order valence-electron chi connectivity index (χ0n) is 11.5. The number of carbonyl (C=O) groups is 1. The minimum Gasteiger partial charge on any atom is -0.481 e. The Labute approximate surface area is 122 Å². The van der Waals surface area contributed by atoms with Crippen molar-refractivity contribution in [1.29, 1.82) is 5.26 Å². The van der Waals surface area contributed by atoms with Crippen LogP contribution in [0.1, 0.15) is 24.8 Å². The largest absolute Gasteiger partial charge is 0.481 e. The first-order valence-corrected chi connectivity index (χ1v) is 6.92. The van der Waals surface area contributed by atoms with Crippen LogP contribution in [-0.2, 0) is 4.79 Å². The Bertz CT molecular complexity index is 745. The van der Waals surface area contributed by atoms with Crippen LogP contribution in [0.25, 0.3) is 10.9 Å². The van der Waals surface area contributed by atoms with Crippen LogP contribution in [0.3, 0.4) is 0 Å². The highest BCUT2D eigenvalue weighted by atomic mass is 16.4. The molecular formula is C16H15N3O2. The first kappa shape index (κ1) is 13.4. The number of hydrogen-bond acceptors (Lipinski definition) is 4. The Balaban J connectivity index is 1.90. The van der Waals surface area contributed by atoms with Crippen LogP contribution in [0.15, 0.2) is 30.3 Å². The molecule has 2 N–H and O–H groups in total. The second-order valence-corrected chi connectivity index (χ2v) is 5.48. The number of nitrogens with zero attached hydrogens (tertiary/aromatic N) is 2. The van der Waals surface area contributed by atoms with Gasteiger partial charge in [-0.1, -0.05) is 24.6 Å². The number of rotatable bonds is 4. The maximum atomic E-state index is 11.4. The predicted octanol–water partition coefficient (Wildman–Crippen LogP) is 2.77. The molecule has 0 saturated heterocycles. The summed E-state index contributed by atoms with van der Waals surface area (Å²) in [5, 5.41) is 22.5. The van der Waals surface area contributed by atoms with Crippen molar-refractivity contribution in [1.82, 2.24) is 4.98 Å². The number of aliphatic carboxylic acids is 1. The van der Waals surface area contributed by atoms with Gasteiger partial charge in [-0.25, -0.2) is 4.98 Å². The second kappa shape index (κ2) is 5.06. The number of hydrogen-bond donors (Lipinski definition) is 2. The lowest BCUT2D eigenvalue weighted by molar-refractivity contribution is -0.153. The fourth-order valence-electron chi connectivity index (χ4n) is 2.66. The van der Waals surface area contributed by atoms with Crippen molar-refractivity contribution >= 4 is 22.7 Å². The summed E-state index contributed by atoms with van der Waals surface area (Å²) in [6.07, 6.45) is 2.28. The summed E-state index contributed by atoms with van der Waals surface area (Å²) in [7, 11) is 0. The summed E-state index contributed by atoms with van der Waals surface area (Å²) in [4.78, 5) is 15.8. The Hall–Kier alpha value is -2.61. The summed E-state index contributed by atoms with van der Waals surface area (Å²) >= 11 is 0. The lowest BCUT2D eigenvalue weighted by Crippen LogP contribution is -2.43. The molecule has 0 spiro atoms. The Kier molecular flexibility index (Phi) is 3.22. The molecule has 1 aromatic carbocycles. The molecule has 1 aliphatic carbocycles. The number of nitriles is 1. The standard InChI is InChI=1S/C16H15N3O2/c17-9-12-8-11-4-1-2-5-13(11)19-14(12)18-10-16(15(20)21)6-3-7-16/h1-2,4-5,8H,3,6-7,10H2,(H,18,19)(H,20,21). The van der Waals surface area contributed by atoms with E-state index < -0.39 is 11.4 Å². The highest BCUT2D eigenvalue weighted by Crippen LogP contribution is 2.41. The van der Waals surface area contributed by atoms with Crippen LogP contribution < -0.4 is 5.32 Å². The minimum atomic E-state index is -0.777. The third-order valence-corrected chi connectivity index (χ3v) is 4.20. The van der Waals surface area contributed by atoms with Gasteiger partial charge in [0.15, 0.2) is 0 Å². The quantitative estimate of drug-likeness (QED) is 0.900. The first-order chi connectivity index (χ1) is 10.1. The summed E-state index contributed by atoms with van der Waals surface area (Å²) < 4.78 is 0. The SMILES string of the molecule is N#Cc1cc2ccccc2nc1NCC1(C(=O)O)CCC1. The summed E-state index contributed by atoms with van der Waals surface area (Å²) in [6.45, 7) is 0.308. The molecule has 5 heteroatoms. The topological polar surface area (TPSA) is 86.0 Å². The highest BCUT2D eigenvalue weighted by molar-refractivity contribution is 5.83. The zero-order chi connectivity index (χ0) is 14.9. The highest BCUT2D eigenvalue weighted by Gasteiger charge is 2.44. The molecule has 1 heterocycles. The van der Waals surface area contributed by atoms with Crippen LogP contribution in [0.4, 0.5) is 5.82 Å². The van der Waals surface area contributed by atoms with E-state index in [1.165, 1.54) is 0 Å². The van der Waals surface area contributed by atoms with Crippen molar-refractivity contribution in [3.05, 3.63) is 35.9 Å². The van der Waals surface area contributed by atoms with Gasteiger partial charge in [0.2, 0.25) is 0 Å². The third-order valence-electron chi connectivity index (χ3n) is 4.20. The first-order valence-electron chi connectivity index (χ1n) is 6.92. The van der Waals surface area contributed by atoms with Crippen molar-refractivity contribution in [3.8, 4) is 6.07 Å². The number of aromatic nitrogens is 1. The Morgan fingerprint density at radius 3 is 2.81 bits per heavy atom. The van der Waals surface area contributed by atoms with Gasteiger partial charge in [-0.3, -0.25) is 4.79 Å². The van der Waals surface area contributed by atoms with Gasteiger partial charge in [0, 0.05) is 11.9 Å². The Morgan fingerprint density at radius 2 is 2.19 bits per heavy atom. The van der Waals surface area contributed by atoms with Crippen LogP contribution in [0.2, 0.25) is 0 Å². The van der Waals surface area contributed by atoms with E-state index in [-0.39, 0.29) is 0 Å². The number of pyridine rings is 1. The number of benzene rings is 1. The number of carboxylic acid groups (broad SMARTS) is 1. The normalized spacial score (nSPS) is 16.0. The molecule has 106 valence electrons. The monoisotopic (exact) mass is 281 g/mol. The fraction of sp³-hybridized carbons (Fsp3) is 0.312. The van der Waals surface area contributed by atoms with Gasteiger partial charge in [-0.15, -0.1) is 0 Å². The van der Waals surface area contributed by atoms with Gasteiger partial charge in [-0.2, -0.15) is 5.26 Å². The molecule has 0 atom stereocenters. The van der Waals surface area contributed by atoms with E-state index in [0.29, 0.717) is 30.8 Å². The molecule has 0 radical (unpaired) electrons. The van der Waals surface area contributed by atoms with E-state index in [4.69, 9.17) is 0 Å². The molecular weight excluding hydrogens is 266 g/mol. The maximum absolute atomic E-state index is 11.4. The molecule has 0 aliphatic heterocycles. The van der Waals surface area contributed by atoms with Crippen molar-refractivity contribution in [3.63, 3.8) is 0 Å². The molecule has 0 amide bonds. The number of para-hydroxylation sites is 1. The van der Waals surface area contributed by atoms with E-state index in [0.717, 1.165) is 17.3 Å². The van der Waals surface area contributed by atoms with Gasteiger partial charge in [0.25, 0.3) is 0 Å². The van der Waals surface area contributed by atoms with E-state index >= 15 is 0 Å². The minimum absolute atomic E-state index is 0.308. The molecule has 2 aromatic rings. The third kappa shape index (κ3) is 2.29. The van der Waals surface area contributed by atoms with E-state index in [9.17, 15) is 15.2 Å². The van der Waals surface area contributed by atoms with Crippen LogP contribution >= 0.6 is 0 Å². The molecule has 5 nitrogen and oxygen atoms in total. The average molecular weight is 281 g/mol. The summed E-state index contributed by atoms with van der Waals surface area (Å²) in [5.41, 5.74) is 0.519. The molecule has 1 fully saturated rings. The van der Waals surface area contributed by atoms with Crippen LogP contribution in [0, 0.1) is 16.7 Å². The molecule has 1 aliphatic rings. The molecule has 3 rings (SSSR count). The molecule has 0 bridgehead atoms. The van der Waals surface area contributed by atoms with Crippen molar-refractivity contribution < 1.29 is 9.90 Å². The lowest BCUT2D eigenvalue weighted by atomic mass is 9.69. The van der Waals surface area contributed by atoms with Gasteiger partial charge >= 0.3 is 5.97 Å². The van der Waals surface area contributed by atoms with E-state index in [2.05, 4.69) is 16.4 Å². The number of anilines is 1. The summed E-state index contributed by atoms with van der Waals surface area (Å²) in [6, 6.07) is 11.4. The fourth-order valence-corrected chi connectivity index (χ4v) is 2.66. The number of carboxylic acids is 1. The van der Waals surface area contributed by atoms with Crippen molar-refractivity contribution in [2.24, 2.45) is 5.41 Å². The number of nitrogens with one attached hydrogen (secondary N) is 1. The van der Waals surface area contributed by atoms with Crippen LogP contribution in [0.5, 0.6) is 0 Å². The van der Waals surface area contributed by atoms with Gasteiger partial charge < -0.3 is 10.4 Å². The smallest absolute Gasteiger partial charge is 0.311 e. The van der Waals surface area contributed by atoms with Crippen molar-refractivity contribution in [2.45, 2.75) is 19.3 Å². The maximum Gasteiger partial charge on any atom is 0.311 e. The molecule has 1 aromatic heterocycles. The van der Waals surface area contributed by atoms with Crippen molar-refractivity contribution in [2.75, 3.05) is 11.9 Å². The van der Waals surface area contributed by atoms with Crippen LogP contribution in [-0.4, -0.2) is 22.6 Å². The zero-order valence-corrected chi connectivity index (χ0v) is 11.5. The van der Waals surface area contributed by atoms with Gasteiger partial charge in [-0.05, 0) is 25.0 Å². The summed E-state index contributed by atoms with van der Waals surface area (Å²) in [5.74, 6) is -0.315. The van der Waals surface area contributed by atoms with E-state index in [1.54, 1.807) is 6.07 Å². The molecule has 21 heavy (non-hydrogen) atoms. The lowest BCUT2D eigenvalue weighted by Gasteiger charge is -2.37.